The summed E-state index contributed by atoms with van der Waals surface area (Å²) in [5.74, 6) is -0.153. The van der Waals surface area contributed by atoms with Gasteiger partial charge in [-0.15, -0.1) is 5.10 Å². The highest BCUT2D eigenvalue weighted by Gasteiger charge is 2.12. The number of benzene rings is 2. The molecule has 25 heavy (non-hydrogen) atoms. The van der Waals surface area contributed by atoms with Crippen LogP contribution >= 0.6 is 0 Å². The van der Waals surface area contributed by atoms with Crippen LogP contribution in [0.15, 0.2) is 69.2 Å². The molecule has 0 fully saturated rings. The Kier molecular flexibility index (Phi) is 4.47. The van der Waals surface area contributed by atoms with Gasteiger partial charge in [0, 0.05) is 11.1 Å². The Morgan fingerprint density at radius 2 is 1.76 bits per heavy atom. The molecule has 0 aliphatic carbocycles. The van der Waals surface area contributed by atoms with Crippen LogP contribution in [0.25, 0.3) is 11.0 Å². The van der Waals surface area contributed by atoms with Crippen LogP contribution in [0.5, 0.6) is 0 Å². The van der Waals surface area contributed by atoms with Crippen molar-refractivity contribution in [2.45, 2.75) is 6.92 Å². The molecule has 0 aliphatic heterocycles. The van der Waals surface area contributed by atoms with Crippen molar-refractivity contribution in [3.05, 3.63) is 65.9 Å². The lowest BCUT2D eigenvalue weighted by Gasteiger charge is -2.04. The summed E-state index contributed by atoms with van der Waals surface area (Å²) in [7, 11) is 0. The minimum atomic E-state index is -0.310. The first-order valence-electron chi connectivity index (χ1n) is 7.56. The number of fused-ring (bicyclic) bond motifs is 1. The number of carbonyl (C=O) groups excluding carboxylic acids is 1. The summed E-state index contributed by atoms with van der Waals surface area (Å²) in [4.78, 5) is 12.3. The summed E-state index contributed by atoms with van der Waals surface area (Å²) in [5.41, 5.74) is 13.3. The SMILES string of the molecule is C/C(=N/N=C(N)N)c1ccc(NC(=O)c2cc3ccccc3o2)cc1. The lowest BCUT2D eigenvalue weighted by atomic mass is 10.1. The molecule has 0 radical (unpaired) electrons. The monoisotopic (exact) mass is 335 g/mol. The van der Waals surface area contributed by atoms with Gasteiger partial charge in [-0.1, -0.05) is 30.3 Å². The van der Waals surface area contributed by atoms with Crippen molar-refractivity contribution < 1.29 is 9.21 Å². The number of hydrogen-bond acceptors (Lipinski definition) is 4. The molecule has 0 aliphatic rings. The Morgan fingerprint density at radius 1 is 1.04 bits per heavy atom. The van der Waals surface area contributed by atoms with Crippen molar-refractivity contribution in [2.24, 2.45) is 21.7 Å². The fraction of sp³-hybridized carbons (Fsp3) is 0.0556. The number of anilines is 1. The van der Waals surface area contributed by atoms with Crippen LogP contribution in [-0.4, -0.2) is 17.6 Å². The molecule has 1 heterocycles. The van der Waals surface area contributed by atoms with Gasteiger partial charge in [-0.2, -0.15) is 5.10 Å². The predicted molar refractivity (Wildman–Crippen MR) is 98.6 cm³/mol. The molecule has 0 saturated carbocycles. The maximum Gasteiger partial charge on any atom is 0.291 e. The molecule has 2 aromatic carbocycles. The van der Waals surface area contributed by atoms with Crippen LogP contribution in [0, 0.1) is 0 Å². The summed E-state index contributed by atoms with van der Waals surface area (Å²) in [6, 6.07) is 16.3. The highest BCUT2D eigenvalue weighted by molar-refractivity contribution is 6.05. The molecule has 1 aromatic heterocycles. The molecule has 7 nitrogen and oxygen atoms in total. The third-order valence-electron chi connectivity index (χ3n) is 3.53. The normalized spacial score (nSPS) is 11.3. The zero-order chi connectivity index (χ0) is 17.8. The largest absolute Gasteiger partial charge is 0.451 e. The summed E-state index contributed by atoms with van der Waals surface area (Å²) < 4.78 is 5.55. The molecule has 0 atom stereocenters. The van der Waals surface area contributed by atoms with E-state index >= 15 is 0 Å². The summed E-state index contributed by atoms with van der Waals surface area (Å²) >= 11 is 0. The highest BCUT2D eigenvalue weighted by atomic mass is 16.3. The number of para-hydroxylation sites is 1. The first kappa shape index (κ1) is 16.3. The number of hydrogen-bond donors (Lipinski definition) is 3. The minimum absolute atomic E-state index is 0.103. The topological polar surface area (TPSA) is 119 Å². The molecular weight excluding hydrogens is 318 g/mol. The average molecular weight is 335 g/mol. The second-order valence-corrected chi connectivity index (χ2v) is 5.39. The van der Waals surface area contributed by atoms with Gasteiger partial charge in [0.05, 0.1) is 5.71 Å². The molecule has 5 N–H and O–H groups in total. The maximum atomic E-state index is 12.3. The van der Waals surface area contributed by atoms with Crippen molar-refractivity contribution >= 4 is 34.2 Å². The smallest absolute Gasteiger partial charge is 0.291 e. The van der Waals surface area contributed by atoms with Gasteiger partial charge in [0.25, 0.3) is 5.91 Å². The number of guanidine groups is 1. The van der Waals surface area contributed by atoms with Crippen molar-refractivity contribution in [1.82, 2.24) is 0 Å². The first-order chi connectivity index (χ1) is 12.0. The molecule has 0 spiro atoms. The van der Waals surface area contributed by atoms with E-state index in [1.807, 2.05) is 36.4 Å². The number of nitrogens with two attached hydrogens (primary N) is 2. The van der Waals surface area contributed by atoms with Gasteiger partial charge in [0.1, 0.15) is 5.58 Å². The molecular formula is C18H17N5O2. The van der Waals surface area contributed by atoms with Gasteiger partial charge >= 0.3 is 0 Å². The molecule has 126 valence electrons. The van der Waals surface area contributed by atoms with Crippen LogP contribution < -0.4 is 16.8 Å². The van der Waals surface area contributed by atoms with E-state index < -0.39 is 0 Å². The van der Waals surface area contributed by atoms with Gasteiger partial charge in [0.2, 0.25) is 5.96 Å². The molecule has 0 bridgehead atoms. The molecule has 1 amide bonds. The summed E-state index contributed by atoms with van der Waals surface area (Å²) in [5, 5.41) is 11.2. The number of furan rings is 1. The minimum Gasteiger partial charge on any atom is -0.451 e. The third-order valence-corrected chi connectivity index (χ3v) is 3.53. The Morgan fingerprint density at radius 3 is 2.44 bits per heavy atom. The fourth-order valence-electron chi connectivity index (χ4n) is 2.27. The Bertz CT molecular complexity index is 934. The van der Waals surface area contributed by atoms with Crippen molar-refractivity contribution in [3.63, 3.8) is 0 Å². The van der Waals surface area contributed by atoms with Crippen LogP contribution in [0.3, 0.4) is 0 Å². The standard InChI is InChI=1S/C18H17N5O2/c1-11(22-23-18(19)20)12-6-8-14(9-7-12)21-17(24)16-10-13-4-2-3-5-15(13)25-16/h2-10H,1H3,(H,21,24)(H4,19,20,23)/b22-11-. The van der Waals surface area contributed by atoms with Gasteiger partial charge in [-0.05, 0) is 36.8 Å². The quantitative estimate of drug-likeness (QED) is 0.386. The zero-order valence-electron chi connectivity index (χ0n) is 13.6. The van der Waals surface area contributed by atoms with Gasteiger partial charge in [0.15, 0.2) is 5.76 Å². The van der Waals surface area contributed by atoms with E-state index in [0.29, 0.717) is 17.0 Å². The van der Waals surface area contributed by atoms with Gasteiger partial charge < -0.3 is 21.2 Å². The van der Waals surface area contributed by atoms with E-state index in [1.165, 1.54) is 0 Å². The molecule has 0 unspecified atom stereocenters. The third kappa shape index (κ3) is 3.84. The van der Waals surface area contributed by atoms with E-state index in [2.05, 4.69) is 15.5 Å². The predicted octanol–water partition coefficient (Wildman–Crippen LogP) is 2.68. The molecule has 3 rings (SSSR count). The van der Waals surface area contributed by atoms with E-state index in [1.54, 1.807) is 25.1 Å². The first-order valence-corrected chi connectivity index (χ1v) is 7.56. The van der Waals surface area contributed by atoms with Gasteiger partial charge in [-0.25, -0.2) is 0 Å². The average Bonchev–Trinajstić information content (AvgIpc) is 3.04. The lowest BCUT2D eigenvalue weighted by Crippen LogP contribution is -2.22. The Balaban J connectivity index is 1.73. The number of nitrogens with one attached hydrogen (secondary N) is 1. The van der Waals surface area contributed by atoms with Crippen LogP contribution in [0.4, 0.5) is 5.69 Å². The van der Waals surface area contributed by atoms with Crippen LogP contribution in [0.2, 0.25) is 0 Å². The van der Waals surface area contributed by atoms with E-state index in [4.69, 9.17) is 15.9 Å². The highest BCUT2D eigenvalue weighted by Crippen LogP contribution is 2.20. The van der Waals surface area contributed by atoms with Crippen molar-refractivity contribution in [2.75, 3.05) is 5.32 Å². The second kappa shape index (κ2) is 6.88. The number of carbonyl (C=O) groups is 1. The Labute approximate surface area is 144 Å². The second-order valence-electron chi connectivity index (χ2n) is 5.39. The lowest BCUT2D eigenvalue weighted by molar-refractivity contribution is 0.0998. The maximum absolute atomic E-state index is 12.3. The number of amides is 1. The zero-order valence-corrected chi connectivity index (χ0v) is 13.6. The fourth-order valence-corrected chi connectivity index (χ4v) is 2.27. The Hall–Kier alpha value is -3.61. The van der Waals surface area contributed by atoms with E-state index in [9.17, 15) is 4.79 Å². The van der Waals surface area contributed by atoms with E-state index in [-0.39, 0.29) is 17.6 Å². The van der Waals surface area contributed by atoms with Gasteiger partial charge in [-0.3, -0.25) is 4.79 Å². The number of rotatable bonds is 4. The van der Waals surface area contributed by atoms with Crippen molar-refractivity contribution in [3.8, 4) is 0 Å². The van der Waals surface area contributed by atoms with Crippen LogP contribution in [0.1, 0.15) is 23.0 Å². The molecule has 0 saturated heterocycles. The van der Waals surface area contributed by atoms with Crippen LogP contribution in [-0.2, 0) is 0 Å². The summed E-state index contributed by atoms with van der Waals surface area (Å²) in [6.07, 6.45) is 0. The molecule has 7 heteroatoms. The van der Waals surface area contributed by atoms with E-state index in [0.717, 1.165) is 10.9 Å². The summed E-state index contributed by atoms with van der Waals surface area (Å²) in [6.45, 7) is 1.79. The molecule has 3 aromatic rings. The van der Waals surface area contributed by atoms with Crippen molar-refractivity contribution in [1.29, 1.82) is 0 Å². The number of nitrogens with zero attached hydrogens (tertiary/aromatic N) is 2.